The minimum absolute atomic E-state index is 1.37. The Labute approximate surface area is 155 Å². The van der Waals surface area contributed by atoms with Gasteiger partial charge in [0.2, 0.25) is 0 Å². The van der Waals surface area contributed by atoms with Crippen LogP contribution in [0.2, 0.25) is 0 Å². The molecule has 0 heteroatoms. The Bertz CT molecular complexity index is 174. The zero-order valence-electron chi connectivity index (χ0n) is 17.4. The molecule has 0 aliphatic heterocycles. The summed E-state index contributed by atoms with van der Waals surface area (Å²) in [5, 5.41) is 0. The van der Waals surface area contributed by atoms with Crippen LogP contribution in [0, 0.1) is 6.42 Å². The third kappa shape index (κ3) is 22.0. The van der Waals surface area contributed by atoms with Gasteiger partial charge in [-0.25, -0.2) is 0 Å². The fraction of sp³-hybridized carbons (Fsp3) is 0.958. The van der Waals surface area contributed by atoms with Gasteiger partial charge in [0.25, 0.3) is 0 Å². The number of hydrogen-bond donors (Lipinski definition) is 0. The Morgan fingerprint density at radius 3 is 0.875 bits per heavy atom. The average Bonchev–Trinajstić information content (AvgIpc) is 2.60. The zero-order valence-corrected chi connectivity index (χ0v) is 17.4. The molecule has 0 unspecified atom stereocenters. The number of unbranched alkanes of at least 4 members (excludes halogenated alkanes) is 21. The molecular weight excluding hydrogens is 288 g/mol. The molecule has 0 N–H and O–H groups in total. The Hall–Kier alpha value is 0. The smallest absolute Gasteiger partial charge is 0.0386 e. The third-order valence-corrected chi connectivity index (χ3v) is 5.27. The van der Waals surface area contributed by atoms with E-state index in [0.29, 0.717) is 0 Å². The summed E-state index contributed by atoms with van der Waals surface area (Å²) in [5.41, 5.74) is 0. The minimum atomic E-state index is 1.37. The van der Waals surface area contributed by atoms with Crippen LogP contribution in [0.1, 0.15) is 149 Å². The van der Waals surface area contributed by atoms with Crippen molar-refractivity contribution in [3.63, 3.8) is 0 Å². The molecule has 24 heavy (non-hydrogen) atoms. The van der Waals surface area contributed by atoms with E-state index in [2.05, 4.69) is 20.3 Å². The van der Waals surface area contributed by atoms with Gasteiger partial charge >= 0.3 is 0 Å². The molecule has 145 valence electrons. The minimum Gasteiger partial charge on any atom is -0.0654 e. The normalized spacial score (nSPS) is 11.2. The lowest BCUT2D eigenvalue weighted by Crippen LogP contribution is -1.84. The maximum Gasteiger partial charge on any atom is -0.0386 e. The third-order valence-electron chi connectivity index (χ3n) is 5.27. The van der Waals surface area contributed by atoms with E-state index in [4.69, 9.17) is 0 Å². The molecule has 0 aromatic heterocycles. The molecule has 0 fully saturated rings. The Morgan fingerprint density at radius 2 is 0.583 bits per heavy atom. The molecule has 0 atom stereocenters. The molecule has 0 nitrogen and oxygen atoms in total. The van der Waals surface area contributed by atoms with Gasteiger partial charge in [0.05, 0.1) is 0 Å². The highest BCUT2D eigenvalue weighted by Gasteiger charge is 1.95. The quantitative estimate of drug-likeness (QED) is 0.183. The highest BCUT2D eigenvalue weighted by Crippen LogP contribution is 2.14. The summed E-state index contributed by atoms with van der Waals surface area (Å²) in [6, 6.07) is 0. The molecule has 0 spiro atoms. The van der Waals surface area contributed by atoms with E-state index in [1.807, 2.05) is 0 Å². The second-order valence-corrected chi connectivity index (χ2v) is 7.88. The summed E-state index contributed by atoms with van der Waals surface area (Å²) in [4.78, 5) is 0. The van der Waals surface area contributed by atoms with Crippen LogP contribution in [0.25, 0.3) is 0 Å². The maximum atomic E-state index is 2.56. The van der Waals surface area contributed by atoms with Crippen LogP contribution in [0.3, 0.4) is 0 Å². The predicted molar refractivity (Wildman–Crippen MR) is 113 cm³/mol. The first-order chi connectivity index (χ1) is 11.9. The van der Waals surface area contributed by atoms with Crippen molar-refractivity contribution in [3.8, 4) is 0 Å². The highest BCUT2D eigenvalue weighted by atomic mass is 14.0. The topological polar surface area (TPSA) is 0 Å². The van der Waals surface area contributed by atoms with Gasteiger partial charge in [0.15, 0.2) is 0 Å². The average molecular weight is 338 g/mol. The Morgan fingerprint density at radius 1 is 0.333 bits per heavy atom. The van der Waals surface area contributed by atoms with Gasteiger partial charge in [-0.05, 0) is 6.42 Å². The van der Waals surface area contributed by atoms with Gasteiger partial charge in [-0.2, -0.15) is 0 Å². The highest BCUT2D eigenvalue weighted by molar-refractivity contribution is 4.64. The van der Waals surface area contributed by atoms with Crippen molar-refractivity contribution < 1.29 is 0 Å². The fourth-order valence-electron chi connectivity index (χ4n) is 3.52. The first kappa shape index (κ1) is 24.0. The number of hydrogen-bond acceptors (Lipinski definition) is 0. The van der Waals surface area contributed by atoms with Crippen molar-refractivity contribution in [3.05, 3.63) is 6.42 Å². The lowest BCUT2D eigenvalue weighted by Gasteiger charge is -2.03. The summed E-state index contributed by atoms with van der Waals surface area (Å²) in [6.45, 7) is 4.60. The molecule has 0 saturated carbocycles. The van der Waals surface area contributed by atoms with Crippen molar-refractivity contribution in [2.24, 2.45) is 0 Å². The predicted octanol–water partition coefficient (Wildman–Crippen LogP) is 9.42. The van der Waals surface area contributed by atoms with Crippen molar-refractivity contribution in [2.45, 2.75) is 149 Å². The summed E-state index contributed by atoms with van der Waals surface area (Å²) in [7, 11) is 0. The van der Waals surface area contributed by atoms with Crippen LogP contribution >= 0.6 is 0 Å². The SMILES string of the molecule is CCCCCCCCCCC[CH]CCCCCCCCCCCC. The first-order valence-electron chi connectivity index (χ1n) is 11.7. The molecule has 1 radical (unpaired) electrons. The molecule has 0 aromatic rings. The van der Waals surface area contributed by atoms with Crippen LogP contribution in [0.15, 0.2) is 0 Å². The zero-order chi connectivity index (χ0) is 17.6. The van der Waals surface area contributed by atoms with Crippen LogP contribution < -0.4 is 0 Å². The molecule has 0 aromatic carbocycles. The second kappa shape index (κ2) is 23.0. The van der Waals surface area contributed by atoms with Gasteiger partial charge in [0, 0.05) is 0 Å². The van der Waals surface area contributed by atoms with Crippen LogP contribution in [-0.4, -0.2) is 0 Å². The molecule has 0 rings (SSSR count). The lowest BCUT2D eigenvalue weighted by molar-refractivity contribution is 0.547. The van der Waals surface area contributed by atoms with E-state index in [0.717, 1.165) is 0 Å². The van der Waals surface area contributed by atoms with E-state index >= 15 is 0 Å². The first-order valence-corrected chi connectivity index (χ1v) is 11.7. The van der Waals surface area contributed by atoms with Crippen molar-refractivity contribution >= 4 is 0 Å². The summed E-state index contributed by atoms with van der Waals surface area (Å²) in [5.74, 6) is 0. The molecule has 0 bridgehead atoms. The maximum absolute atomic E-state index is 2.56. The van der Waals surface area contributed by atoms with Crippen molar-refractivity contribution in [2.75, 3.05) is 0 Å². The largest absolute Gasteiger partial charge is 0.0654 e. The van der Waals surface area contributed by atoms with Crippen LogP contribution in [-0.2, 0) is 0 Å². The molecule has 0 heterocycles. The summed E-state index contributed by atoms with van der Waals surface area (Å²) < 4.78 is 0. The monoisotopic (exact) mass is 337 g/mol. The standard InChI is InChI=1S/C24H49/c1-3-5-7-9-11-13-15-17-19-21-23-24-22-20-18-16-14-12-10-8-6-4-2/h23H,3-22,24H2,1-2H3. The van der Waals surface area contributed by atoms with E-state index in [1.165, 1.54) is 135 Å². The molecule has 0 aliphatic carbocycles. The van der Waals surface area contributed by atoms with E-state index < -0.39 is 0 Å². The van der Waals surface area contributed by atoms with Crippen LogP contribution in [0.4, 0.5) is 0 Å². The number of rotatable bonds is 21. The second-order valence-electron chi connectivity index (χ2n) is 7.88. The van der Waals surface area contributed by atoms with E-state index in [1.54, 1.807) is 0 Å². The van der Waals surface area contributed by atoms with E-state index in [-0.39, 0.29) is 0 Å². The molecule has 0 amide bonds. The van der Waals surface area contributed by atoms with Crippen molar-refractivity contribution in [1.82, 2.24) is 0 Å². The fourth-order valence-corrected chi connectivity index (χ4v) is 3.52. The molecule has 0 aliphatic rings. The lowest BCUT2D eigenvalue weighted by atomic mass is 10.0. The molecular formula is C24H49. The van der Waals surface area contributed by atoms with E-state index in [9.17, 15) is 0 Å². The molecule has 0 saturated heterocycles. The van der Waals surface area contributed by atoms with Gasteiger partial charge < -0.3 is 0 Å². The van der Waals surface area contributed by atoms with Crippen LogP contribution in [0.5, 0.6) is 0 Å². The van der Waals surface area contributed by atoms with Gasteiger partial charge in [0.1, 0.15) is 0 Å². The van der Waals surface area contributed by atoms with Gasteiger partial charge in [-0.3, -0.25) is 0 Å². The van der Waals surface area contributed by atoms with Gasteiger partial charge in [-0.15, -0.1) is 0 Å². The summed E-state index contributed by atoms with van der Waals surface area (Å²) in [6.07, 6.45) is 32.9. The van der Waals surface area contributed by atoms with Crippen molar-refractivity contribution in [1.29, 1.82) is 0 Å². The van der Waals surface area contributed by atoms with Gasteiger partial charge in [-0.1, -0.05) is 149 Å². The summed E-state index contributed by atoms with van der Waals surface area (Å²) >= 11 is 0. The Balaban J connectivity index is 2.93. The Kier molecular flexibility index (Phi) is 23.0.